The summed E-state index contributed by atoms with van der Waals surface area (Å²) in [6, 6.07) is 4.34. The number of anilines is 1. The number of nitrogens with one attached hydrogen (secondary N) is 2. The Labute approximate surface area is 118 Å². The number of hydrogen-bond donors (Lipinski definition) is 3. The van der Waals surface area contributed by atoms with Gasteiger partial charge in [0.25, 0.3) is 0 Å². The van der Waals surface area contributed by atoms with Gasteiger partial charge in [-0.1, -0.05) is 13.0 Å². The lowest BCUT2D eigenvalue weighted by atomic mass is 10.1. The number of sulfonamides is 1. The molecule has 6 nitrogen and oxygen atoms in total. The molecule has 0 radical (unpaired) electrons. The van der Waals surface area contributed by atoms with Gasteiger partial charge in [-0.3, -0.25) is 0 Å². The van der Waals surface area contributed by atoms with Crippen molar-refractivity contribution in [2.24, 2.45) is 0 Å². The highest BCUT2D eigenvalue weighted by Crippen LogP contribution is 2.20. The van der Waals surface area contributed by atoms with E-state index in [0.29, 0.717) is 11.5 Å². The summed E-state index contributed by atoms with van der Waals surface area (Å²) < 4.78 is 27.1. The number of aromatic nitrogens is 2. The molecule has 1 aromatic heterocycles. The van der Waals surface area contributed by atoms with Crippen LogP contribution < -0.4 is 10.5 Å². The minimum atomic E-state index is -3.62. The molecule has 2 aromatic rings. The number of rotatable bonds is 5. The molecule has 0 aliphatic heterocycles. The van der Waals surface area contributed by atoms with Gasteiger partial charge in [0.05, 0.1) is 10.9 Å². The van der Waals surface area contributed by atoms with Crippen molar-refractivity contribution in [1.29, 1.82) is 0 Å². The van der Waals surface area contributed by atoms with Crippen LogP contribution in [0.25, 0.3) is 0 Å². The van der Waals surface area contributed by atoms with Gasteiger partial charge in [0, 0.05) is 18.1 Å². The van der Waals surface area contributed by atoms with Gasteiger partial charge < -0.3 is 10.7 Å². The number of hydrogen-bond acceptors (Lipinski definition) is 4. The van der Waals surface area contributed by atoms with Crippen molar-refractivity contribution < 1.29 is 8.42 Å². The fraction of sp³-hybridized carbons (Fsp3) is 0.308. The quantitative estimate of drug-likeness (QED) is 0.729. The molecule has 0 aliphatic carbocycles. The number of benzene rings is 1. The summed E-state index contributed by atoms with van der Waals surface area (Å²) in [5.41, 5.74) is 7.26. The Morgan fingerprint density at radius 2 is 2.20 bits per heavy atom. The molecule has 0 aliphatic rings. The fourth-order valence-corrected chi connectivity index (χ4v) is 3.18. The molecule has 7 heteroatoms. The van der Waals surface area contributed by atoms with E-state index in [0.717, 1.165) is 12.0 Å². The highest BCUT2D eigenvalue weighted by Gasteiger charge is 2.20. The lowest BCUT2D eigenvalue weighted by Crippen LogP contribution is -2.27. The molecule has 1 aromatic carbocycles. The van der Waals surface area contributed by atoms with Gasteiger partial charge in [-0.25, -0.2) is 18.1 Å². The standard InChI is InChI=1S/C13H18N4O2S/c1-3-10-4-5-11(8-12(10)14)20(18,19)17-9(2)13-15-6-7-16-13/h4-9,17H,3,14H2,1-2H3,(H,15,16). The summed E-state index contributed by atoms with van der Waals surface area (Å²) in [6.45, 7) is 3.69. The molecule has 1 unspecified atom stereocenters. The molecule has 0 saturated heterocycles. The number of H-pyrrole nitrogens is 1. The Balaban J connectivity index is 2.24. The van der Waals surface area contributed by atoms with Crippen molar-refractivity contribution in [3.8, 4) is 0 Å². The summed E-state index contributed by atoms with van der Waals surface area (Å²) in [5, 5.41) is 0. The molecule has 2 rings (SSSR count). The minimum Gasteiger partial charge on any atom is -0.398 e. The van der Waals surface area contributed by atoms with Crippen LogP contribution >= 0.6 is 0 Å². The van der Waals surface area contributed by atoms with E-state index in [1.165, 1.54) is 6.07 Å². The molecule has 20 heavy (non-hydrogen) atoms. The van der Waals surface area contributed by atoms with Crippen molar-refractivity contribution in [3.05, 3.63) is 42.0 Å². The Kier molecular flexibility index (Phi) is 4.10. The SMILES string of the molecule is CCc1ccc(S(=O)(=O)NC(C)c2ncc[nH]2)cc1N. The molecule has 0 amide bonds. The van der Waals surface area contributed by atoms with E-state index in [4.69, 9.17) is 5.73 Å². The average molecular weight is 294 g/mol. The lowest BCUT2D eigenvalue weighted by Gasteiger charge is -2.13. The maximum atomic E-state index is 12.3. The molecule has 1 heterocycles. The Hall–Kier alpha value is -1.86. The number of nitrogen functional groups attached to an aromatic ring is 1. The van der Waals surface area contributed by atoms with Crippen molar-refractivity contribution in [3.63, 3.8) is 0 Å². The zero-order chi connectivity index (χ0) is 14.8. The van der Waals surface area contributed by atoms with E-state index in [9.17, 15) is 8.42 Å². The number of imidazole rings is 1. The van der Waals surface area contributed by atoms with Crippen LogP contribution in [-0.2, 0) is 16.4 Å². The molecule has 0 bridgehead atoms. The van der Waals surface area contributed by atoms with Gasteiger partial charge in [0.2, 0.25) is 10.0 Å². The average Bonchev–Trinajstić information content (AvgIpc) is 2.92. The fourth-order valence-electron chi connectivity index (χ4n) is 1.93. The molecule has 4 N–H and O–H groups in total. The maximum absolute atomic E-state index is 12.3. The Bertz CT molecular complexity index is 680. The van der Waals surface area contributed by atoms with Crippen LogP contribution in [0.1, 0.15) is 31.3 Å². The van der Waals surface area contributed by atoms with Crippen LogP contribution in [0.5, 0.6) is 0 Å². The largest absolute Gasteiger partial charge is 0.398 e. The third-order valence-corrected chi connectivity index (χ3v) is 4.61. The zero-order valence-corrected chi connectivity index (χ0v) is 12.2. The normalized spacial score (nSPS) is 13.3. The van der Waals surface area contributed by atoms with Crippen LogP contribution in [0.2, 0.25) is 0 Å². The van der Waals surface area contributed by atoms with Crippen LogP contribution in [0.3, 0.4) is 0 Å². The van der Waals surface area contributed by atoms with Crippen LogP contribution in [0.15, 0.2) is 35.5 Å². The number of aryl methyl sites for hydroxylation is 1. The van der Waals surface area contributed by atoms with Crippen molar-refractivity contribution in [2.45, 2.75) is 31.2 Å². The molecular formula is C13H18N4O2S. The summed E-state index contributed by atoms with van der Waals surface area (Å²) in [4.78, 5) is 7.07. The highest BCUT2D eigenvalue weighted by molar-refractivity contribution is 7.89. The highest BCUT2D eigenvalue weighted by atomic mass is 32.2. The summed E-state index contributed by atoms with van der Waals surface area (Å²) in [7, 11) is -3.62. The molecule has 1 atom stereocenters. The van der Waals surface area contributed by atoms with Crippen LogP contribution in [0, 0.1) is 0 Å². The maximum Gasteiger partial charge on any atom is 0.241 e. The number of nitrogens with zero attached hydrogens (tertiary/aromatic N) is 1. The third-order valence-electron chi connectivity index (χ3n) is 3.07. The van der Waals surface area contributed by atoms with E-state index in [2.05, 4.69) is 14.7 Å². The van der Waals surface area contributed by atoms with Gasteiger partial charge in [-0.15, -0.1) is 0 Å². The molecule has 0 saturated carbocycles. The van der Waals surface area contributed by atoms with Crippen LogP contribution in [0.4, 0.5) is 5.69 Å². The molecular weight excluding hydrogens is 276 g/mol. The first kappa shape index (κ1) is 14.5. The van der Waals surface area contributed by atoms with E-state index >= 15 is 0 Å². The molecule has 0 fully saturated rings. The first-order valence-electron chi connectivity index (χ1n) is 6.34. The van der Waals surface area contributed by atoms with Gasteiger partial charge in [0.1, 0.15) is 5.82 Å². The smallest absolute Gasteiger partial charge is 0.241 e. The lowest BCUT2D eigenvalue weighted by molar-refractivity contribution is 0.561. The van der Waals surface area contributed by atoms with Gasteiger partial charge in [0.15, 0.2) is 0 Å². The minimum absolute atomic E-state index is 0.158. The van der Waals surface area contributed by atoms with Crippen LogP contribution in [-0.4, -0.2) is 18.4 Å². The second-order valence-electron chi connectivity index (χ2n) is 4.53. The Morgan fingerprint density at radius 3 is 2.75 bits per heavy atom. The second-order valence-corrected chi connectivity index (χ2v) is 6.25. The number of aromatic amines is 1. The van der Waals surface area contributed by atoms with E-state index in [1.807, 2.05) is 6.92 Å². The van der Waals surface area contributed by atoms with E-state index in [1.54, 1.807) is 31.5 Å². The monoisotopic (exact) mass is 294 g/mol. The summed E-state index contributed by atoms with van der Waals surface area (Å²) >= 11 is 0. The number of nitrogens with two attached hydrogens (primary N) is 1. The third kappa shape index (κ3) is 3.00. The predicted octanol–water partition coefficient (Wildman–Crippen LogP) is 1.59. The summed E-state index contributed by atoms with van der Waals surface area (Å²) in [5.74, 6) is 0.562. The zero-order valence-electron chi connectivity index (χ0n) is 11.4. The summed E-state index contributed by atoms with van der Waals surface area (Å²) in [6.07, 6.45) is 3.99. The predicted molar refractivity (Wildman–Crippen MR) is 77.6 cm³/mol. The van der Waals surface area contributed by atoms with E-state index in [-0.39, 0.29) is 4.90 Å². The van der Waals surface area contributed by atoms with Gasteiger partial charge in [-0.2, -0.15) is 0 Å². The topological polar surface area (TPSA) is 101 Å². The van der Waals surface area contributed by atoms with Gasteiger partial charge >= 0.3 is 0 Å². The van der Waals surface area contributed by atoms with Gasteiger partial charge in [-0.05, 0) is 31.0 Å². The first-order chi connectivity index (χ1) is 9.44. The Morgan fingerprint density at radius 1 is 1.45 bits per heavy atom. The van der Waals surface area contributed by atoms with Crippen molar-refractivity contribution in [1.82, 2.24) is 14.7 Å². The van der Waals surface area contributed by atoms with Crippen molar-refractivity contribution in [2.75, 3.05) is 5.73 Å². The van der Waals surface area contributed by atoms with Crippen molar-refractivity contribution >= 4 is 15.7 Å². The van der Waals surface area contributed by atoms with E-state index < -0.39 is 16.1 Å². The second kappa shape index (κ2) is 5.64. The molecule has 108 valence electrons. The molecule has 0 spiro atoms. The first-order valence-corrected chi connectivity index (χ1v) is 7.82.